The average Bonchev–Trinajstić information content (AvgIpc) is 2.39. The highest BCUT2D eigenvalue weighted by molar-refractivity contribution is 5.89. The highest BCUT2D eigenvalue weighted by Gasteiger charge is 2.24. The number of anilines is 1. The van der Waals surface area contributed by atoms with Gasteiger partial charge < -0.3 is 15.3 Å². The van der Waals surface area contributed by atoms with Gasteiger partial charge in [-0.15, -0.1) is 0 Å². The Hall–Kier alpha value is -1.59. The molecule has 1 aromatic carbocycles. The first-order valence-corrected chi connectivity index (χ1v) is 7.00. The standard InChI is InChI=1S/C15H23N3O2/c1-15(2,20)12-17-8-10-18(11-9-17)14(19)16-13-6-4-3-5-7-13/h3-7,20H,8-12H2,1-2H3,(H,16,19). The molecule has 2 rings (SSSR count). The van der Waals surface area contributed by atoms with Crippen LogP contribution in [0.5, 0.6) is 0 Å². The lowest BCUT2D eigenvalue weighted by molar-refractivity contribution is 0.0231. The molecule has 110 valence electrons. The van der Waals surface area contributed by atoms with Crippen molar-refractivity contribution in [2.75, 3.05) is 38.0 Å². The van der Waals surface area contributed by atoms with Crippen LogP contribution in [0, 0.1) is 0 Å². The van der Waals surface area contributed by atoms with E-state index >= 15 is 0 Å². The van der Waals surface area contributed by atoms with E-state index in [1.807, 2.05) is 49.1 Å². The van der Waals surface area contributed by atoms with E-state index in [0.717, 1.165) is 18.8 Å². The number of urea groups is 1. The van der Waals surface area contributed by atoms with Gasteiger partial charge in [0, 0.05) is 38.4 Å². The second-order valence-corrected chi connectivity index (χ2v) is 5.87. The van der Waals surface area contributed by atoms with E-state index in [9.17, 15) is 9.90 Å². The van der Waals surface area contributed by atoms with Crippen molar-refractivity contribution in [3.63, 3.8) is 0 Å². The van der Waals surface area contributed by atoms with E-state index in [1.54, 1.807) is 0 Å². The Bertz CT molecular complexity index is 434. The maximum Gasteiger partial charge on any atom is 0.321 e. The molecule has 2 N–H and O–H groups in total. The molecule has 1 aromatic rings. The van der Waals surface area contributed by atoms with Gasteiger partial charge in [-0.3, -0.25) is 4.90 Å². The van der Waals surface area contributed by atoms with Crippen LogP contribution in [0.3, 0.4) is 0 Å². The third-order valence-corrected chi connectivity index (χ3v) is 3.30. The molecular formula is C15H23N3O2. The minimum atomic E-state index is -0.686. The lowest BCUT2D eigenvalue weighted by Crippen LogP contribution is -2.52. The van der Waals surface area contributed by atoms with Gasteiger partial charge in [0.2, 0.25) is 0 Å². The highest BCUT2D eigenvalue weighted by Crippen LogP contribution is 2.11. The minimum Gasteiger partial charge on any atom is -0.389 e. The van der Waals surface area contributed by atoms with Gasteiger partial charge in [0.25, 0.3) is 0 Å². The second-order valence-electron chi connectivity index (χ2n) is 5.87. The molecule has 1 fully saturated rings. The molecule has 2 amide bonds. The zero-order chi connectivity index (χ0) is 14.6. The molecule has 0 saturated carbocycles. The van der Waals surface area contributed by atoms with Crippen LogP contribution in [-0.4, -0.2) is 59.3 Å². The van der Waals surface area contributed by atoms with Crippen LogP contribution >= 0.6 is 0 Å². The van der Waals surface area contributed by atoms with Crippen LogP contribution in [0.15, 0.2) is 30.3 Å². The summed E-state index contributed by atoms with van der Waals surface area (Å²) in [5, 5.41) is 12.7. The number of piperazine rings is 1. The Morgan fingerprint density at radius 3 is 2.35 bits per heavy atom. The molecule has 1 aliphatic rings. The number of amides is 2. The van der Waals surface area contributed by atoms with Crippen LogP contribution < -0.4 is 5.32 Å². The van der Waals surface area contributed by atoms with Crippen molar-refractivity contribution in [2.45, 2.75) is 19.4 Å². The number of rotatable bonds is 3. The highest BCUT2D eigenvalue weighted by atomic mass is 16.3. The monoisotopic (exact) mass is 277 g/mol. The summed E-state index contributed by atoms with van der Waals surface area (Å²) >= 11 is 0. The minimum absolute atomic E-state index is 0.0564. The number of aliphatic hydroxyl groups is 1. The fourth-order valence-corrected chi connectivity index (χ4v) is 2.38. The van der Waals surface area contributed by atoms with Crippen molar-refractivity contribution in [2.24, 2.45) is 0 Å². The maximum absolute atomic E-state index is 12.1. The molecular weight excluding hydrogens is 254 g/mol. The summed E-state index contributed by atoms with van der Waals surface area (Å²) in [6.07, 6.45) is 0. The van der Waals surface area contributed by atoms with Gasteiger partial charge in [-0.2, -0.15) is 0 Å². The van der Waals surface area contributed by atoms with Crippen molar-refractivity contribution >= 4 is 11.7 Å². The Balaban J connectivity index is 1.80. The van der Waals surface area contributed by atoms with Gasteiger partial charge in [-0.25, -0.2) is 4.79 Å². The summed E-state index contributed by atoms with van der Waals surface area (Å²) < 4.78 is 0. The van der Waals surface area contributed by atoms with Crippen molar-refractivity contribution in [1.29, 1.82) is 0 Å². The SMILES string of the molecule is CC(C)(O)CN1CCN(C(=O)Nc2ccccc2)CC1. The van der Waals surface area contributed by atoms with Gasteiger partial charge in [-0.05, 0) is 26.0 Å². The number of nitrogens with zero attached hydrogens (tertiary/aromatic N) is 2. The largest absolute Gasteiger partial charge is 0.389 e. The first kappa shape index (κ1) is 14.8. The van der Waals surface area contributed by atoms with Crippen molar-refractivity contribution in [1.82, 2.24) is 9.80 Å². The molecule has 0 unspecified atom stereocenters. The first-order chi connectivity index (χ1) is 9.44. The third kappa shape index (κ3) is 4.51. The van der Waals surface area contributed by atoms with Gasteiger partial charge in [-0.1, -0.05) is 18.2 Å². The van der Waals surface area contributed by atoms with Gasteiger partial charge >= 0.3 is 6.03 Å². The predicted octanol–water partition coefficient (Wildman–Crippen LogP) is 1.61. The molecule has 5 heteroatoms. The summed E-state index contributed by atoms with van der Waals surface area (Å²) in [5.41, 5.74) is 0.130. The first-order valence-electron chi connectivity index (χ1n) is 7.00. The Kier molecular flexibility index (Phi) is 4.62. The van der Waals surface area contributed by atoms with Crippen LogP contribution in [0.4, 0.5) is 10.5 Å². The van der Waals surface area contributed by atoms with E-state index in [4.69, 9.17) is 0 Å². The molecule has 5 nitrogen and oxygen atoms in total. The summed E-state index contributed by atoms with van der Waals surface area (Å²) in [5.74, 6) is 0. The van der Waals surface area contributed by atoms with Crippen LogP contribution in [0.2, 0.25) is 0 Å². The van der Waals surface area contributed by atoms with E-state index < -0.39 is 5.60 Å². The molecule has 0 atom stereocenters. The Labute approximate surface area is 120 Å². The summed E-state index contributed by atoms with van der Waals surface area (Å²) in [7, 11) is 0. The topological polar surface area (TPSA) is 55.8 Å². The number of benzene rings is 1. The molecule has 1 saturated heterocycles. The van der Waals surface area contributed by atoms with Crippen LogP contribution in [-0.2, 0) is 0 Å². The number of para-hydroxylation sites is 1. The normalized spacial score (nSPS) is 17.1. The Morgan fingerprint density at radius 1 is 1.20 bits per heavy atom. The number of nitrogens with one attached hydrogen (secondary N) is 1. The molecule has 1 heterocycles. The molecule has 0 aliphatic carbocycles. The zero-order valence-corrected chi connectivity index (χ0v) is 12.2. The fourth-order valence-electron chi connectivity index (χ4n) is 2.38. The van der Waals surface area contributed by atoms with E-state index in [2.05, 4.69) is 10.2 Å². The van der Waals surface area contributed by atoms with Crippen LogP contribution in [0.1, 0.15) is 13.8 Å². The van der Waals surface area contributed by atoms with Gasteiger partial charge in [0.05, 0.1) is 5.60 Å². The van der Waals surface area contributed by atoms with Crippen molar-refractivity contribution in [3.8, 4) is 0 Å². The molecule has 20 heavy (non-hydrogen) atoms. The fraction of sp³-hybridized carbons (Fsp3) is 0.533. The number of hydrogen-bond acceptors (Lipinski definition) is 3. The Morgan fingerprint density at radius 2 is 1.80 bits per heavy atom. The maximum atomic E-state index is 12.1. The number of carbonyl (C=O) groups excluding carboxylic acids is 1. The number of hydrogen-bond donors (Lipinski definition) is 2. The zero-order valence-electron chi connectivity index (χ0n) is 12.2. The summed E-state index contributed by atoms with van der Waals surface area (Å²) in [6, 6.07) is 9.42. The summed E-state index contributed by atoms with van der Waals surface area (Å²) in [4.78, 5) is 16.1. The van der Waals surface area contributed by atoms with E-state index in [1.165, 1.54) is 0 Å². The number of β-amino-alcohol motifs (C(OH)–C–C–N with tert-alkyl or cyclic N) is 1. The molecule has 1 aliphatic heterocycles. The predicted molar refractivity (Wildman–Crippen MR) is 79.8 cm³/mol. The molecule has 0 bridgehead atoms. The number of carbonyl (C=O) groups is 1. The van der Waals surface area contributed by atoms with Crippen molar-refractivity contribution in [3.05, 3.63) is 30.3 Å². The van der Waals surface area contributed by atoms with Gasteiger partial charge in [0.15, 0.2) is 0 Å². The lowest BCUT2D eigenvalue weighted by Gasteiger charge is -2.37. The quantitative estimate of drug-likeness (QED) is 0.882. The second kappa shape index (κ2) is 6.24. The molecule has 0 aromatic heterocycles. The summed E-state index contributed by atoms with van der Waals surface area (Å²) in [6.45, 7) is 7.23. The van der Waals surface area contributed by atoms with E-state index in [0.29, 0.717) is 19.6 Å². The molecule has 0 radical (unpaired) electrons. The van der Waals surface area contributed by atoms with Crippen molar-refractivity contribution < 1.29 is 9.90 Å². The smallest absolute Gasteiger partial charge is 0.321 e. The average molecular weight is 277 g/mol. The van der Waals surface area contributed by atoms with Crippen LogP contribution in [0.25, 0.3) is 0 Å². The third-order valence-electron chi connectivity index (χ3n) is 3.30. The lowest BCUT2D eigenvalue weighted by atomic mass is 10.1. The van der Waals surface area contributed by atoms with E-state index in [-0.39, 0.29) is 6.03 Å². The van der Waals surface area contributed by atoms with Gasteiger partial charge in [0.1, 0.15) is 0 Å². The molecule has 0 spiro atoms.